The van der Waals surface area contributed by atoms with E-state index in [2.05, 4.69) is 10.6 Å². The lowest BCUT2D eigenvalue weighted by molar-refractivity contribution is -0.139. The van der Waals surface area contributed by atoms with E-state index in [4.69, 9.17) is 11.1 Å². The number of nitrogens with one attached hydrogen (secondary N) is 3. The van der Waals surface area contributed by atoms with Crippen molar-refractivity contribution in [2.75, 3.05) is 13.1 Å². The van der Waals surface area contributed by atoms with E-state index < -0.39 is 12.1 Å². The summed E-state index contributed by atoms with van der Waals surface area (Å²) in [4.78, 5) is 38.3. The lowest BCUT2D eigenvalue weighted by Crippen LogP contribution is -2.49. The van der Waals surface area contributed by atoms with Gasteiger partial charge in [-0.3, -0.25) is 15.0 Å². The molecule has 1 heterocycles. The minimum absolute atomic E-state index is 0. The smallest absolute Gasteiger partial charge is 0.243 e. The molecule has 166 valence electrons. The molecule has 0 aromatic rings. The maximum Gasteiger partial charge on any atom is 0.243 e. The molecule has 1 saturated heterocycles. The average molecular weight is 430 g/mol. The number of likely N-dealkylation sites (tertiary alicyclic amines) is 1. The van der Waals surface area contributed by atoms with Crippen LogP contribution in [0.2, 0.25) is 0 Å². The van der Waals surface area contributed by atoms with Gasteiger partial charge in [0.2, 0.25) is 11.8 Å². The van der Waals surface area contributed by atoms with Gasteiger partial charge in [0.1, 0.15) is 12.3 Å². The van der Waals surface area contributed by atoms with Gasteiger partial charge >= 0.3 is 0 Å². The van der Waals surface area contributed by atoms with Crippen LogP contribution in [-0.2, 0) is 14.4 Å². The van der Waals surface area contributed by atoms with Gasteiger partial charge in [-0.05, 0) is 38.0 Å². The van der Waals surface area contributed by atoms with Crippen molar-refractivity contribution in [3.63, 3.8) is 0 Å². The van der Waals surface area contributed by atoms with Crippen LogP contribution in [0.1, 0.15) is 70.6 Å². The molecule has 2 rings (SSSR count). The van der Waals surface area contributed by atoms with E-state index in [0.29, 0.717) is 44.7 Å². The molecule has 1 aliphatic heterocycles. The molecule has 2 atom stereocenters. The van der Waals surface area contributed by atoms with Gasteiger partial charge in [-0.1, -0.05) is 32.1 Å². The number of rotatable bonds is 10. The number of nitrogens with two attached hydrogens (primary N) is 1. The van der Waals surface area contributed by atoms with Crippen molar-refractivity contribution in [2.45, 2.75) is 82.7 Å². The normalized spacial score (nSPS) is 20.4. The first kappa shape index (κ1) is 25.2. The van der Waals surface area contributed by atoms with Crippen LogP contribution >= 0.6 is 12.4 Å². The number of amides is 2. The van der Waals surface area contributed by atoms with Gasteiger partial charge in [0.05, 0.1) is 6.04 Å². The second-order valence-electron chi connectivity index (χ2n) is 8.02. The zero-order valence-electron chi connectivity index (χ0n) is 17.2. The molecule has 8 nitrogen and oxygen atoms in total. The van der Waals surface area contributed by atoms with E-state index >= 15 is 0 Å². The first-order valence-corrected chi connectivity index (χ1v) is 10.6. The quantitative estimate of drug-likeness (QED) is 0.182. The van der Waals surface area contributed by atoms with Crippen molar-refractivity contribution in [2.24, 2.45) is 11.7 Å². The molecule has 9 heteroatoms. The fourth-order valence-electron chi connectivity index (χ4n) is 4.28. The van der Waals surface area contributed by atoms with Crippen LogP contribution < -0.4 is 16.4 Å². The van der Waals surface area contributed by atoms with E-state index in [1.165, 1.54) is 32.1 Å². The maximum absolute atomic E-state index is 12.7. The summed E-state index contributed by atoms with van der Waals surface area (Å²) in [7, 11) is 0. The van der Waals surface area contributed by atoms with Gasteiger partial charge in [0.15, 0.2) is 5.96 Å². The van der Waals surface area contributed by atoms with E-state index in [0.717, 1.165) is 19.1 Å². The summed E-state index contributed by atoms with van der Waals surface area (Å²) < 4.78 is 0. The molecule has 5 N–H and O–H groups in total. The molecule has 1 aliphatic carbocycles. The molecule has 2 amide bonds. The first-order chi connectivity index (χ1) is 13.5. The summed E-state index contributed by atoms with van der Waals surface area (Å²) in [6.07, 6.45) is 11.0. The second-order valence-corrected chi connectivity index (χ2v) is 8.02. The van der Waals surface area contributed by atoms with Crippen LogP contribution in [0.25, 0.3) is 0 Å². The van der Waals surface area contributed by atoms with Crippen molar-refractivity contribution >= 4 is 36.5 Å². The number of guanidine groups is 1. The van der Waals surface area contributed by atoms with Gasteiger partial charge in [0.25, 0.3) is 0 Å². The van der Waals surface area contributed by atoms with Crippen LogP contribution in [0, 0.1) is 11.3 Å². The summed E-state index contributed by atoms with van der Waals surface area (Å²) in [5.74, 6) is 0.368. The van der Waals surface area contributed by atoms with Crippen LogP contribution in [-0.4, -0.2) is 54.1 Å². The lowest BCUT2D eigenvalue weighted by atomic mass is 9.86. The first-order valence-electron chi connectivity index (χ1n) is 10.6. The number of carbonyl (C=O) groups is 3. The molecule has 29 heavy (non-hydrogen) atoms. The highest BCUT2D eigenvalue weighted by atomic mass is 35.5. The Morgan fingerprint density at radius 3 is 2.55 bits per heavy atom. The van der Waals surface area contributed by atoms with Crippen LogP contribution in [0.15, 0.2) is 0 Å². The Kier molecular flexibility index (Phi) is 11.7. The molecule has 2 fully saturated rings. The van der Waals surface area contributed by atoms with Crippen LogP contribution in [0.4, 0.5) is 0 Å². The fraction of sp³-hybridized carbons (Fsp3) is 0.800. The Morgan fingerprint density at radius 1 is 1.17 bits per heavy atom. The highest BCUT2D eigenvalue weighted by Gasteiger charge is 2.34. The summed E-state index contributed by atoms with van der Waals surface area (Å²) in [5, 5.41) is 12.6. The van der Waals surface area contributed by atoms with Crippen molar-refractivity contribution < 1.29 is 14.4 Å². The van der Waals surface area contributed by atoms with Crippen LogP contribution in [0.5, 0.6) is 0 Å². The number of aldehydes is 1. The van der Waals surface area contributed by atoms with E-state index in [1.807, 2.05) is 0 Å². The minimum atomic E-state index is -0.582. The van der Waals surface area contributed by atoms with E-state index in [9.17, 15) is 14.4 Å². The second kappa shape index (κ2) is 13.4. The minimum Gasteiger partial charge on any atom is -0.370 e. The largest absolute Gasteiger partial charge is 0.370 e. The van der Waals surface area contributed by atoms with Crippen LogP contribution in [0.3, 0.4) is 0 Å². The van der Waals surface area contributed by atoms with Gasteiger partial charge in [-0.15, -0.1) is 12.4 Å². The average Bonchev–Trinajstić information content (AvgIpc) is 3.19. The molecule has 0 aromatic heterocycles. The van der Waals surface area contributed by atoms with Gasteiger partial charge in [-0.25, -0.2) is 0 Å². The van der Waals surface area contributed by atoms with Gasteiger partial charge < -0.3 is 26.1 Å². The highest BCUT2D eigenvalue weighted by molar-refractivity contribution is 5.89. The Morgan fingerprint density at radius 2 is 1.90 bits per heavy atom. The molecular weight excluding hydrogens is 394 g/mol. The fourth-order valence-corrected chi connectivity index (χ4v) is 4.28. The third-order valence-electron chi connectivity index (χ3n) is 5.87. The van der Waals surface area contributed by atoms with Crippen molar-refractivity contribution in [3.05, 3.63) is 0 Å². The summed E-state index contributed by atoms with van der Waals surface area (Å²) in [6.45, 7) is 1.10. The Labute approximate surface area is 179 Å². The molecule has 0 spiro atoms. The van der Waals surface area contributed by atoms with Crippen molar-refractivity contribution in [1.29, 1.82) is 5.41 Å². The molecule has 0 bridgehead atoms. The molecular formula is C20H36ClN5O3. The zero-order valence-corrected chi connectivity index (χ0v) is 18.0. The predicted molar refractivity (Wildman–Crippen MR) is 115 cm³/mol. The Bertz CT molecular complexity index is 554. The molecule has 0 aromatic carbocycles. The van der Waals surface area contributed by atoms with Gasteiger partial charge in [0, 0.05) is 19.5 Å². The summed E-state index contributed by atoms with van der Waals surface area (Å²) in [6, 6.07) is -1.04. The third kappa shape index (κ3) is 8.60. The van der Waals surface area contributed by atoms with E-state index in [-0.39, 0.29) is 30.2 Å². The third-order valence-corrected chi connectivity index (χ3v) is 5.87. The summed E-state index contributed by atoms with van der Waals surface area (Å²) in [5.41, 5.74) is 5.22. The molecule has 0 unspecified atom stereocenters. The summed E-state index contributed by atoms with van der Waals surface area (Å²) >= 11 is 0. The van der Waals surface area contributed by atoms with Crippen molar-refractivity contribution in [1.82, 2.24) is 15.5 Å². The Hall–Kier alpha value is -1.83. The number of halogens is 1. The molecule has 0 radical (unpaired) electrons. The SMILES string of the molecule is Cl.N=C(N)NCCC[C@@H](C=O)NC(=O)[C@@H]1CCCN1C(=O)CCC1CCCCC1. The monoisotopic (exact) mass is 429 g/mol. The number of carbonyl (C=O) groups excluding carboxylic acids is 3. The maximum atomic E-state index is 12.7. The Balaban J connectivity index is 0.00000420. The van der Waals surface area contributed by atoms with Gasteiger partial charge in [-0.2, -0.15) is 0 Å². The van der Waals surface area contributed by atoms with E-state index in [1.54, 1.807) is 4.90 Å². The highest BCUT2D eigenvalue weighted by Crippen LogP contribution is 2.28. The number of nitrogens with zero attached hydrogens (tertiary/aromatic N) is 1. The van der Waals surface area contributed by atoms with Crippen molar-refractivity contribution in [3.8, 4) is 0 Å². The number of hydrogen-bond acceptors (Lipinski definition) is 4. The number of hydrogen-bond donors (Lipinski definition) is 4. The predicted octanol–water partition coefficient (Wildman–Crippen LogP) is 1.71. The zero-order chi connectivity index (χ0) is 20.4. The topological polar surface area (TPSA) is 128 Å². The molecule has 2 aliphatic rings. The molecule has 1 saturated carbocycles. The lowest BCUT2D eigenvalue weighted by Gasteiger charge is -2.27. The standard InChI is InChI=1S/C20H35N5O3.ClH/c21-20(22)23-12-4-8-16(14-26)24-19(28)17-9-5-13-25(17)18(27)11-10-15-6-2-1-3-7-15;/h14-17H,1-13H2,(H,24,28)(H4,21,22,23);1H/t16-,17-;/m0./s1.